The number of halogens is 3. The normalized spacial score (nSPS) is 11.8. The Balaban J connectivity index is 2.19. The molecular weight excluding hydrogens is 277 g/mol. The zero-order chi connectivity index (χ0) is 15.0. The van der Waals surface area contributed by atoms with Crippen LogP contribution in [-0.2, 0) is 6.18 Å². The lowest BCUT2D eigenvalue weighted by Gasteiger charge is -2.13. The predicted molar refractivity (Wildman–Crippen MR) is 76.6 cm³/mol. The second-order valence-electron chi connectivity index (χ2n) is 4.69. The average Bonchev–Trinajstić information content (AvgIpc) is 2.46. The largest absolute Gasteiger partial charge is 0.417 e. The van der Waals surface area contributed by atoms with E-state index in [4.69, 9.17) is 5.73 Å². The quantitative estimate of drug-likeness (QED) is 0.716. The van der Waals surface area contributed by atoms with E-state index >= 15 is 0 Å². The van der Waals surface area contributed by atoms with E-state index in [-0.39, 0.29) is 5.56 Å². The van der Waals surface area contributed by atoms with Crippen molar-refractivity contribution in [1.29, 1.82) is 0 Å². The van der Waals surface area contributed by atoms with Crippen LogP contribution < -0.4 is 5.73 Å². The number of pyridine rings is 1. The zero-order valence-corrected chi connectivity index (χ0v) is 10.9. The van der Waals surface area contributed by atoms with Gasteiger partial charge in [0.05, 0.1) is 11.1 Å². The van der Waals surface area contributed by atoms with E-state index < -0.39 is 11.7 Å². The molecule has 0 aliphatic heterocycles. The fourth-order valence-electron chi connectivity index (χ4n) is 2.29. The van der Waals surface area contributed by atoms with Gasteiger partial charge in [-0.3, -0.25) is 0 Å². The summed E-state index contributed by atoms with van der Waals surface area (Å²) in [7, 11) is 0. The lowest BCUT2D eigenvalue weighted by Crippen LogP contribution is -2.06. The molecule has 2 nitrogen and oxygen atoms in total. The monoisotopic (exact) mass is 288 g/mol. The van der Waals surface area contributed by atoms with Crippen LogP contribution in [0.1, 0.15) is 5.56 Å². The van der Waals surface area contributed by atoms with Crippen molar-refractivity contribution in [3.63, 3.8) is 0 Å². The third kappa shape index (κ3) is 2.54. The van der Waals surface area contributed by atoms with Gasteiger partial charge in [-0.2, -0.15) is 13.2 Å². The fraction of sp³-hybridized carbons (Fsp3) is 0.0625. The minimum atomic E-state index is -4.38. The highest BCUT2D eigenvalue weighted by molar-refractivity contribution is 5.86. The molecule has 0 fully saturated rings. The Morgan fingerprint density at radius 3 is 2.43 bits per heavy atom. The van der Waals surface area contributed by atoms with Gasteiger partial charge in [0.1, 0.15) is 5.82 Å². The first-order valence-corrected chi connectivity index (χ1v) is 6.28. The van der Waals surface area contributed by atoms with E-state index in [0.717, 1.165) is 11.5 Å². The van der Waals surface area contributed by atoms with Gasteiger partial charge in [0, 0.05) is 5.39 Å². The summed E-state index contributed by atoms with van der Waals surface area (Å²) < 4.78 is 39.2. The smallest absolute Gasteiger partial charge is 0.384 e. The van der Waals surface area contributed by atoms with Gasteiger partial charge in [0.15, 0.2) is 0 Å². The number of fused-ring (bicyclic) bond motifs is 1. The first kappa shape index (κ1) is 13.4. The van der Waals surface area contributed by atoms with Crippen molar-refractivity contribution in [1.82, 2.24) is 4.98 Å². The van der Waals surface area contributed by atoms with E-state index in [1.807, 2.05) is 0 Å². The summed E-state index contributed by atoms with van der Waals surface area (Å²) in [6.07, 6.45) is -4.38. The molecular formula is C16H11F3N2. The maximum atomic E-state index is 13.1. The molecule has 21 heavy (non-hydrogen) atoms. The molecule has 3 rings (SSSR count). The molecule has 0 atom stereocenters. The molecule has 2 N–H and O–H groups in total. The van der Waals surface area contributed by atoms with Crippen molar-refractivity contribution < 1.29 is 13.2 Å². The van der Waals surface area contributed by atoms with Crippen molar-refractivity contribution in [2.24, 2.45) is 0 Å². The molecule has 0 unspecified atom stereocenters. The van der Waals surface area contributed by atoms with Gasteiger partial charge in [0.2, 0.25) is 0 Å². The Hall–Kier alpha value is -2.56. The van der Waals surface area contributed by atoms with Crippen molar-refractivity contribution in [3.8, 4) is 11.1 Å². The fourth-order valence-corrected chi connectivity index (χ4v) is 2.29. The van der Waals surface area contributed by atoms with Crippen LogP contribution in [0.3, 0.4) is 0 Å². The van der Waals surface area contributed by atoms with E-state index in [1.165, 1.54) is 12.1 Å². The molecule has 2 aromatic carbocycles. The molecule has 0 saturated heterocycles. The van der Waals surface area contributed by atoms with Gasteiger partial charge < -0.3 is 5.73 Å². The van der Waals surface area contributed by atoms with E-state index in [1.54, 1.807) is 36.4 Å². The minimum absolute atomic E-state index is 0.156. The van der Waals surface area contributed by atoms with Crippen molar-refractivity contribution in [2.45, 2.75) is 6.18 Å². The zero-order valence-electron chi connectivity index (χ0n) is 10.9. The third-order valence-electron chi connectivity index (χ3n) is 3.25. The van der Waals surface area contributed by atoms with Crippen LogP contribution in [0.5, 0.6) is 0 Å². The Bertz CT molecular complexity index is 810. The SMILES string of the molecule is Nc1ccc2cc(-c3ccccc3C(F)(F)F)ccc2n1. The summed E-state index contributed by atoms with van der Waals surface area (Å²) in [5.41, 5.74) is 6.26. The molecule has 0 spiro atoms. The first-order chi connectivity index (χ1) is 9.95. The second kappa shape index (κ2) is 4.77. The molecule has 0 aliphatic rings. The van der Waals surface area contributed by atoms with Crippen molar-refractivity contribution in [2.75, 3.05) is 5.73 Å². The lowest BCUT2D eigenvalue weighted by atomic mass is 9.98. The minimum Gasteiger partial charge on any atom is -0.384 e. The number of nitrogens with two attached hydrogens (primary N) is 1. The topological polar surface area (TPSA) is 38.9 Å². The van der Waals surface area contributed by atoms with Gasteiger partial charge in [0.25, 0.3) is 0 Å². The number of nitrogen functional groups attached to an aromatic ring is 1. The van der Waals surface area contributed by atoms with Crippen LogP contribution in [0, 0.1) is 0 Å². The van der Waals surface area contributed by atoms with Crippen LogP contribution in [0.4, 0.5) is 19.0 Å². The molecule has 1 heterocycles. The van der Waals surface area contributed by atoms with Gasteiger partial charge in [-0.05, 0) is 41.5 Å². The van der Waals surface area contributed by atoms with Crippen molar-refractivity contribution >= 4 is 16.7 Å². The molecule has 5 heteroatoms. The Kier molecular flexibility index (Phi) is 3.05. The summed E-state index contributed by atoms with van der Waals surface area (Å²) in [5, 5.41) is 0.749. The second-order valence-corrected chi connectivity index (χ2v) is 4.69. The highest BCUT2D eigenvalue weighted by Crippen LogP contribution is 2.37. The first-order valence-electron chi connectivity index (χ1n) is 6.28. The molecule has 0 aliphatic carbocycles. The predicted octanol–water partition coefficient (Wildman–Crippen LogP) is 4.50. The highest BCUT2D eigenvalue weighted by Gasteiger charge is 2.33. The number of benzene rings is 2. The maximum absolute atomic E-state index is 13.1. The number of anilines is 1. The molecule has 0 radical (unpaired) electrons. The number of aromatic nitrogens is 1. The summed E-state index contributed by atoms with van der Waals surface area (Å²) in [6, 6.07) is 13.9. The van der Waals surface area contributed by atoms with Crippen LogP contribution in [-0.4, -0.2) is 4.98 Å². The summed E-state index contributed by atoms with van der Waals surface area (Å²) in [4.78, 5) is 4.14. The molecule has 0 saturated carbocycles. The molecule has 0 bridgehead atoms. The average molecular weight is 288 g/mol. The van der Waals surface area contributed by atoms with E-state index in [2.05, 4.69) is 4.98 Å². The maximum Gasteiger partial charge on any atom is 0.417 e. The molecule has 106 valence electrons. The number of alkyl halides is 3. The van der Waals surface area contributed by atoms with Gasteiger partial charge >= 0.3 is 6.18 Å². The van der Waals surface area contributed by atoms with Gasteiger partial charge in [-0.1, -0.05) is 24.3 Å². The Morgan fingerprint density at radius 2 is 1.67 bits per heavy atom. The number of nitrogens with zero attached hydrogens (tertiary/aromatic N) is 1. The molecule has 1 aromatic heterocycles. The number of rotatable bonds is 1. The Labute approximate surface area is 119 Å². The summed E-state index contributed by atoms with van der Waals surface area (Å²) in [5.74, 6) is 0.381. The summed E-state index contributed by atoms with van der Waals surface area (Å²) in [6.45, 7) is 0. The van der Waals surface area contributed by atoms with Crippen molar-refractivity contribution in [3.05, 3.63) is 60.2 Å². The lowest BCUT2D eigenvalue weighted by molar-refractivity contribution is -0.137. The van der Waals surface area contributed by atoms with Gasteiger partial charge in [-0.25, -0.2) is 4.98 Å². The van der Waals surface area contributed by atoms with E-state index in [9.17, 15) is 13.2 Å². The highest BCUT2D eigenvalue weighted by atomic mass is 19.4. The standard InChI is InChI=1S/C16H11F3N2/c17-16(18,19)13-4-2-1-3-12(13)10-5-7-14-11(9-10)6-8-15(20)21-14/h1-9H,(H2,20,21). The third-order valence-corrected chi connectivity index (χ3v) is 3.25. The summed E-state index contributed by atoms with van der Waals surface area (Å²) >= 11 is 0. The number of hydrogen-bond donors (Lipinski definition) is 1. The number of hydrogen-bond acceptors (Lipinski definition) is 2. The van der Waals surface area contributed by atoms with Crippen LogP contribution in [0.25, 0.3) is 22.0 Å². The molecule has 3 aromatic rings. The van der Waals surface area contributed by atoms with Crippen LogP contribution in [0.15, 0.2) is 54.6 Å². The van der Waals surface area contributed by atoms with Gasteiger partial charge in [-0.15, -0.1) is 0 Å². The Morgan fingerprint density at radius 1 is 0.905 bits per heavy atom. The molecule has 0 amide bonds. The van der Waals surface area contributed by atoms with E-state index in [0.29, 0.717) is 16.9 Å². The van der Waals surface area contributed by atoms with Crippen LogP contribution >= 0.6 is 0 Å². The van der Waals surface area contributed by atoms with Crippen LogP contribution in [0.2, 0.25) is 0 Å².